The lowest BCUT2D eigenvalue weighted by molar-refractivity contribution is -0.147. The Morgan fingerprint density at radius 2 is 1.93 bits per heavy atom. The number of hydrogen-bond donors (Lipinski definition) is 4. The summed E-state index contributed by atoms with van der Waals surface area (Å²) >= 11 is 0. The number of hydrogen-bond acceptors (Lipinski definition) is 8. The maximum absolute atomic E-state index is 14.0. The maximum Gasteiger partial charge on any atom is 0.249 e. The number of nitrogens with zero attached hydrogens (tertiary/aromatic N) is 1. The summed E-state index contributed by atoms with van der Waals surface area (Å²) < 4.78 is 18.3. The van der Waals surface area contributed by atoms with Gasteiger partial charge in [0, 0.05) is 24.2 Å². The molecule has 0 spiro atoms. The van der Waals surface area contributed by atoms with Gasteiger partial charge in [-0.05, 0) is 60.8 Å². The number of unbranched alkanes of at least 4 members (excludes halogenated alkanes) is 3. The Hall–Kier alpha value is -2.66. The summed E-state index contributed by atoms with van der Waals surface area (Å²) in [7, 11) is 1.50. The molecule has 0 radical (unpaired) electrons. The maximum atomic E-state index is 14.0. The molecule has 7 atom stereocenters. The van der Waals surface area contributed by atoms with Crippen LogP contribution < -0.4 is 14.8 Å². The molecular formula is C35H54N2O8. The van der Waals surface area contributed by atoms with Crippen LogP contribution in [0.3, 0.4) is 0 Å². The standard InChI is InChI=1S/C35H54N2O8/c1-6-7-8-9-13-37(30(40)20-44-28-15-22(4)10-11-24(28)21(2)3)27-18-26(35(42)36-12-14-38)31-25-16-23(19-39)17-29(43-5)33(25)45-34(31)32(27)41/h16-18,21-22,24,27-28,31-32,34,38-39,41H,6-15,19-20H2,1-5H3,(H,36,42)/t22-,24+,27+,28-,31-,32-,34-/m0/s1. The zero-order valence-electron chi connectivity index (χ0n) is 27.7. The number of aliphatic hydroxyl groups is 3. The van der Waals surface area contributed by atoms with E-state index in [1.54, 1.807) is 23.1 Å². The fourth-order valence-electron chi connectivity index (χ4n) is 7.34. The molecule has 1 fully saturated rings. The molecule has 1 heterocycles. The topological polar surface area (TPSA) is 138 Å². The van der Waals surface area contributed by atoms with Gasteiger partial charge in [-0.25, -0.2) is 0 Å². The second-order valence-electron chi connectivity index (χ2n) is 13.3. The lowest BCUT2D eigenvalue weighted by atomic mass is 9.75. The van der Waals surface area contributed by atoms with Gasteiger partial charge in [0.1, 0.15) is 18.8 Å². The van der Waals surface area contributed by atoms with Crippen LogP contribution in [0.5, 0.6) is 11.5 Å². The SMILES string of the molecule is CCCCCCN(C(=O)CO[C@H]1C[C@@H](C)CC[C@@H]1C(C)C)[C@@H]1C=C(C(=O)NCCO)[C@@H]2c3cc(CO)cc(OC)c3O[C@@H]2[C@H]1O. The smallest absolute Gasteiger partial charge is 0.249 e. The Morgan fingerprint density at radius 1 is 1.16 bits per heavy atom. The highest BCUT2D eigenvalue weighted by atomic mass is 16.5. The molecule has 0 saturated heterocycles. The largest absolute Gasteiger partial charge is 0.493 e. The van der Waals surface area contributed by atoms with Gasteiger partial charge in [0.2, 0.25) is 11.8 Å². The van der Waals surface area contributed by atoms with Crippen molar-refractivity contribution in [2.75, 3.05) is 33.4 Å². The van der Waals surface area contributed by atoms with Crippen molar-refractivity contribution in [3.63, 3.8) is 0 Å². The summed E-state index contributed by atoms with van der Waals surface area (Å²) in [6.45, 7) is 8.67. The van der Waals surface area contributed by atoms with Gasteiger partial charge >= 0.3 is 0 Å². The average molecular weight is 631 g/mol. The molecule has 2 aliphatic carbocycles. The number of nitrogens with one attached hydrogen (secondary N) is 1. The minimum Gasteiger partial charge on any atom is -0.493 e. The first-order valence-corrected chi connectivity index (χ1v) is 16.8. The van der Waals surface area contributed by atoms with Crippen LogP contribution in [-0.2, 0) is 20.9 Å². The average Bonchev–Trinajstić information content (AvgIpc) is 3.42. The molecule has 45 heavy (non-hydrogen) atoms. The van der Waals surface area contributed by atoms with Gasteiger partial charge in [0.15, 0.2) is 11.5 Å². The van der Waals surface area contributed by atoms with Crippen molar-refractivity contribution >= 4 is 11.8 Å². The number of aliphatic hydroxyl groups excluding tert-OH is 3. The molecule has 0 aromatic heterocycles. The van der Waals surface area contributed by atoms with E-state index in [9.17, 15) is 24.9 Å². The number of ether oxygens (including phenoxy) is 3. The summed E-state index contributed by atoms with van der Waals surface area (Å²) in [6, 6.07) is 2.61. The Kier molecular flexibility index (Phi) is 12.7. The number of amides is 2. The number of rotatable bonds is 15. The van der Waals surface area contributed by atoms with E-state index in [1.807, 2.05) is 0 Å². The summed E-state index contributed by atoms with van der Waals surface area (Å²) in [6.07, 6.45) is 6.59. The highest BCUT2D eigenvalue weighted by molar-refractivity contribution is 5.96. The van der Waals surface area contributed by atoms with Gasteiger partial charge in [-0.1, -0.05) is 53.4 Å². The van der Waals surface area contributed by atoms with E-state index in [0.717, 1.165) is 44.9 Å². The third kappa shape index (κ3) is 8.02. The Labute approximate surface area is 268 Å². The van der Waals surface area contributed by atoms with Crippen LogP contribution in [0.4, 0.5) is 0 Å². The molecule has 10 nitrogen and oxygen atoms in total. The minimum atomic E-state index is -1.15. The third-order valence-electron chi connectivity index (χ3n) is 9.81. The second kappa shape index (κ2) is 16.3. The van der Waals surface area contributed by atoms with E-state index >= 15 is 0 Å². The molecular weight excluding hydrogens is 576 g/mol. The molecule has 0 unspecified atom stereocenters. The van der Waals surface area contributed by atoms with E-state index < -0.39 is 30.1 Å². The molecule has 1 aromatic rings. The molecule has 252 valence electrons. The zero-order valence-corrected chi connectivity index (χ0v) is 27.7. The molecule has 2 amide bonds. The Bertz CT molecular complexity index is 1190. The fourth-order valence-corrected chi connectivity index (χ4v) is 7.34. The van der Waals surface area contributed by atoms with Crippen LogP contribution >= 0.6 is 0 Å². The van der Waals surface area contributed by atoms with Crippen molar-refractivity contribution in [2.45, 2.75) is 110 Å². The van der Waals surface area contributed by atoms with Crippen molar-refractivity contribution in [1.82, 2.24) is 10.2 Å². The normalized spacial score (nSPS) is 27.3. The van der Waals surface area contributed by atoms with E-state index in [1.165, 1.54) is 7.11 Å². The first-order chi connectivity index (χ1) is 21.6. The van der Waals surface area contributed by atoms with E-state index in [0.29, 0.717) is 52.5 Å². The van der Waals surface area contributed by atoms with E-state index in [-0.39, 0.29) is 38.4 Å². The number of methoxy groups -OCH3 is 1. The van der Waals surface area contributed by atoms with Gasteiger partial charge in [0.25, 0.3) is 0 Å². The zero-order chi connectivity index (χ0) is 32.7. The van der Waals surface area contributed by atoms with Crippen LogP contribution in [0, 0.1) is 17.8 Å². The summed E-state index contributed by atoms with van der Waals surface area (Å²) in [5.41, 5.74) is 1.55. The molecule has 4 rings (SSSR count). The van der Waals surface area contributed by atoms with Crippen LogP contribution in [-0.4, -0.2) is 89.8 Å². The van der Waals surface area contributed by atoms with Gasteiger partial charge in [-0.3, -0.25) is 9.59 Å². The van der Waals surface area contributed by atoms with Crippen molar-refractivity contribution in [3.8, 4) is 11.5 Å². The number of carbonyl (C=O) groups is 2. The predicted molar refractivity (Wildman–Crippen MR) is 171 cm³/mol. The first kappa shape index (κ1) is 35.2. The lowest BCUT2D eigenvalue weighted by Gasteiger charge is -2.41. The van der Waals surface area contributed by atoms with Gasteiger partial charge in [-0.15, -0.1) is 0 Å². The van der Waals surface area contributed by atoms with Crippen LogP contribution in [0.25, 0.3) is 0 Å². The van der Waals surface area contributed by atoms with Crippen molar-refractivity contribution in [3.05, 3.63) is 34.9 Å². The molecule has 0 bridgehead atoms. The Morgan fingerprint density at radius 3 is 2.60 bits per heavy atom. The van der Waals surface area contributed by atoms with E-state index in [2.05, 4.69) is 33.0 Å². The predicted octanol–water partition coefficient (Wildman–Crippen LogP) is 3.70. The van der Waals surface area contributed by atoms with Crippen LogP contribution in [0.15, 0.2) is 23.8 Å². The van der Waals surface area contributed by atoms with Crippen molar-refractivity contribution in [2.24, 2.45) is 17.8 Å². The number of fused-ring (bicyclic) bond motifs is 3. The van der Waals surface area contributed by atoms with Crippen LogP contribution in [0.1, 0.15) is 89.7 Å². The summed E-state index contributed by atoms with van der Waals surface area (Å²) in [5, 5.41) is 34.0. The third-order valence-corrected chi connectivity index (χ3v) is 9.81. The molecule has 1 saturated carbocycles. The molecule has 4 N–H and O–H groups in total. The van der Waals surface area contributed by atoms with Gasteiger partial charge < -0.3 is 39.7 Å². The minimum absolute atomic E-state index is 0.00323. The highest BCUT2D eigenvalue weighted by Gasteiger charge is 2.51. The van der Waals surface area contributed by atoms with Gasteiger partial charge in [-0.2, -0.15) is 0 Å². The van der Waals surface area contributed by atoms with Crippen molar-refractivity contribution in [1.29, 1.82) is 0 Å². The molecule has 1 aliphatic heterocycles. The van der Waals surface area contributed by atoms with E-state index in [4.69, 9.17) is 14.2 Å². The second-order valence-corrected chi connectivity index (χ2v) is 13.3. The summed E-state index contributed by atoms with van der Waals surface area (Å²) in [4.78, 5) is 29.3. The van der Waals surface area contributed by atoms with Crippen LogP contribution in [0.2, 0.25) is 0 Å². The lowest BCUT2D eigenvalue weighted by Crippen LogP contribution is -2.56. The number of benzene rings is 1. The molecule has 1 aromatic carbocycles. The molecule has 10 heteroatoms. The Balaban J connectivity index is 1.67. The quantitative estimate of drug-likeness (QED) is 0.215. The first-order valence-electron chi connectivity index (χ1n) is 16.8. The monoisotopic (exact) mass is 630 g/mol. The van der Waals surface area contributed by atoms with Crippen molar-refractivity contribution < 1.29 is 39.1 Å². The van der Waals surface area contributed by atoms with Gasteiger partial charge in [0.05, 0.1) is 38.4 Å². The number of carbonyl (C=O) groups excluding carboxylic acids is 2. The molecule has 3 aliphatic rings. The fraction of sp³-hybridized carbons (Fsp3) is 0.714. The highest BCUT2D eigenvalue weighted by Crippen LogP contribution is 2.51. The summed E-state index contributed by atoms with van der Waals surface area (Å²) in [5.74, 6) is 0.880.